The lowest BCUT2D eigenvalue weighted by Gasteiger charge is -2.15. The number of fused-ring (bicyclic) bond motifs is 1. The van der Waals surface area contributed by atoms with Crippen molar-refractivity contribution in [2.24, 2.45) is 0 Å². The van der Waals surface area contributed by atoms with Gasteiger partial charge in [-0.15, -0.1) is 0 Å². The van der Waals surface area contributed by atoms with Crippen LogP contribution in [0.4, 0.5) is 8.78 Å². The molecule has 0 N–H and O–H groups in total. The van der Waals surface area contributed by atoms with Crippen LogP contribution in [-0.4, -0.2) is 6.11 Å². The Labute approximate surface area is 101 Å². The van der Waals surface area contributed by atoms with Gasteiger partial charge < -0.3 is 4.74 Å². The summed E-state index contributed by atoms with van der Waals surface area (Å²) in [5.41, 5.74) is 2.54. The van der Waals surface area contributed by atoms with Gasteiger partial charge in [0.2, 0.25) is 0 Å². The maximum absolute atomic E-state index is 13.4. The average Bonchev–Trinajstić information content (AvgIpc) is 2.49. The van der Waals surface area contributed by atoms with E-state index in [1.807, 2.05) is 39.8 Å². The molecule has 1 aromatic rings. The van der Waals surface area contributed by atoms with E-state index in [1.165, 1.54) is 0 Å². The number of hydrogen-bond donors (Lipinski definition) is 0. The Kier molecular flexibility index (Phi) is 2.88. The zero-order chi connectivity index (χ0) is 12.8. The minimum absolute atomic E-state index is 0.193. The summed E-state index contributed by atoms with van der Waals surface area (Å²) in [4.78, 5) is 0. The normalized spacial score (nSPS) is 17.4. The van der Waals surface area contributed by atoms with Crippen LogP contribution in [0.15, 0.2) is 12.1 Å². The van der Waals surface area contributed by atoms with Crippen molar-refractivity contribution in [1.29, 1.82) is 0 Å². The molecule has 1 nitrogen and oxygen atoms in total. The van der Waals surface area contributed by atoms with Crippen molar-refractivity contribution in [3.63, 3.8) is 0 Å². The quantitative estimate of drug-likeness (QED) is 0.741. The van der Waals surface area contributed by atoms with E-state index in [0.29, 0.717) is 11.3 Å². The largest absolute Gasteiger partial charge is 0.432 e. The first kappa shape index (κ1) is 12.3. The third-order valence-corrected chi connectivity index (χ3v) is 3.21. The Bertz CT molecular complexity index is 397. The molecule has 0 saturated heterocycles. The number of rotatable bonds is 2. The van der Waals surface area contributed by atoms with Crippen LogP contribution in [-0.2, 0) is 6.42 Å². The van der Waals surface area contributed by atoms with Gasteiger partial charge in [0.15, 0.2) is 0 Å². The second kappa shape index (κ2) is 3.97. The maximum Gasteiger partial charge on any atom is 0.402 e. The third kappa shape index (κ3) is 2.15. The van der Waals surface area contributed by atoms with E-state index in [1.54, 1.807) is 0 Å². The van der Waals surface area contributed by atoms with Gasteiger partial charge in [0, 0.05) is 5.56 Å². The smallest absolute Gasteiger partial charge is 0.402 e. The van der Waals surface area contributed by atoms with Gasteiger partial charge in [-0.25, -0.2) is 0 Å². The minimum atomic E-state index is -3.04. The summed E-state index contributed by atoms with van der Waals surface area (Å²) >= 11 is 0. The van der Waals surface area contributed by atoms with Gasteiger partial charge in [0.25, 0.3) is 0 Å². The minimum Gasteiger partial charge on any atom is -0.432 e. The summed E-state index contributed by atoms with van der Waals surface area (Å²) in [5, 5.41) is 0. The highest BCUT2D eigenvalue weighted by atomic mass is 19.3. The fraction of sp³-hybridized carbons (Fsp3) is 0.571. The summed E-state index contributed by atoms with van der Waals surface area (Å²) in [6, 6.07) is 3.88. The Morgan fingerprint density at radius 3 is 2.12 bits per heavy atom. The molecule has 3 heteroatoms. The van der Waals surface area contributed by atoms with Gasteiger partial charge in [-0.3, -0.25) is 0 Å². The molecule has 0 unspecified atom stereocenters. The predicted octanol–water partition coefficient (Wildman–Crippen LogP) is 4.46. The summed E-state index contributed by atoms with van der Waals surface area (Å²) < 4.78 is 31.6. The van der Waals surface area contributed by atoms with E-state index in [0.717, 1.165) is 11.1 Å². The van der Waals surface area contributed by atoms with E-state index in [2.05, 4.69) is 0 Å². The van der Waals surface area contributed by atoms with Crippen LogP contribution in [0.1, 0.15) is 56.2 Å². The standard InChI is InChI=1S/C14H18F2O/c1-8(2)10-5-6-11(9(3)4)13-12(10)7-14(15,16)17-13/h5-6,8-9H,7H2,1-4H3. The molecule has 94 valence electrons. The topological polar surface area (TPSA) is 9.23 Å². The first-order chi connectivity index (χ1) is 7.82. The highest BCUT2D eigenvalue weighted by Crippen LogP contribution is 2.45. The lowest BCUT2D eigenvalue weighted by molar-refractivity contribution is -0.159. The number of alkyl halides is 2. The maximum atomic E-state index is 13.4. The molecule has 1 aliphatic heterocycles. The predicted molar refractivity (Wildman–Crippen MR) is 63.9 cm³/mol. The molecule has 0 spiro atoms. The van der Waals surface area contributed by atoms with Gasteiger partial charge in [-0.1, -0.05) is 39.8 Å². The molecule has 0 saturated carbocycles. The Balaban J connectivity index is 2.57. The SMILES string of the molecule is CC(C)c1ccc(C(C)C)c2c1CC(F)(F)O2. The van der Waals surface area contributed by atoms with Crippen LogP contribution >= 0.6 is 0 Å². The number of hydrogen-bond acceptors (Lipinski definition) is 1. The fourth-order valence-corrected chi connectivity index (χ4v) is 2.35. The van der Waals surface area contributed by atoms with Gasteiger partial charge in [0.1, 0.15) is 5.75 Å². The average molecular weight is 240 g/mol. The molecule has 1 aromatic carbocycles. The van der Waals surface area contributed by atoms with Crippen LogP contribution in [0.3, 0.4) is 0 Å². The van der Waals surface area contributed by atoms with Crippen molar-refractivity contribution >= 4 is 0 Å². The number of halogens is 2. The fourth-order valence-electron chi connectivity index (χ4n) is 2.35. The van der Waals surface area contributed by atoms with Crippen molar-refractivity contribution in [2.45, 2.75) is 52.1 Å². The van der Waals surface area contributed by atoms with Crippen molar-refractivity contribution in [1.82, 2.24) is 0 Å². The molecule has 0 aromatic heterocycles. The van der Waals surface area contributed by atoms with Crippen LogP contribution in [0, 0.1) is 0 Å². The third-order valence-electron chi connectivity index (χ3n) is 3.21. The zero-order valence-corrected chi connectivity index (χ0v) is 10.7. The number of benzene rings is 1. The molecule has 0 bridgehead atoms. The first-order valence-corrected chi connectivity index (χ1v) is 6.04. The van der Waals surface area contributed by atoms with E-state index < -0.39 is 6.11 Å². The molecule has 17 heavy (non-hydrogen) atoms. The zero-order valence-electron chi connectivity index (χ0n) is 10.7. The second-order valence-electron chi connectivity index (χ2n) is 5.28. The second-order valence-corrected chi connectivity index (χ2v) is 5.28. The van der Waals surface area contributed by atoms with Crippen molar-refractivity contribution in [2.75, 3.05) is 0 Å². The first-order valence-electron chi connectivity index (χ1n) is 6.04. The van der Waals surface area contributed by atoms with Crippen LogP contribution in [0.5, 0.6) is 5.75 Å². The lowest BCUT2D eigenvalue weighted by atomic mass is 9.90. The monoisotopic (exact) mass is 240 g/mol. The van der Waals surface area contributed by atoms with E-state index in [4.69, 9.17) is 4.74 Å². The van der Waals surface area contributed by atoms with Gasteiger partial charge >= 0.3 is 6.11 Å². The summed E-state index contributed by atoms with van der Waals surface area (Å²) in [7, 11) is 0. The van der Waals surface area contributed by atoms with Crippen molar-refractivity contribution in [3.05, 3.63) is 28.8 Å². The summed E-state index contributed by atoms with van der Waals surface area (Å²) in [6.07, 6.45) is -3.34. The van der Waals surface area contributed by atoms with Gasteiger partial charge in [-0.05, 0) is 23.0 Å². The molecule has 0 atom stereocenters. The highest BCUT2D eigenvalue weighted by molar-refractivity contribution is 5.51. The van der Waals surface area contributed by atoms with Crippen LogP contribution in [0.2, 0.25) is 0 Å². The Morgan fingerprint density at radius 1 is 1.06 bits per heavy atom. The van der Waals surface area contributed by atoms with Gasteiger partial charge in [0.05, 0.1) is 6.42 Å². The molecule has 1 heterocycles. The summed E-state index contributed by atoms with van der Waals surface area (Å²) in [6.45, 7) is 8.01. The molecule has 0 radical (unpaired) electrons. The lowest BCUT2D eigenvalue weighted by Crippen LogP contribution is -2.21. The molecular weight excluding hydrogens is 222 g/mol. The highest BCUT2D eigenvalue weighted by Gasteiger charge is 2.42. The summed E-state index contributed by atoms with van der Waals surface area (Å²) in [5.74, 6) is 0.845. The van der Waals surface area contributed by atoms with E-state index in [-0.39, 0.29) is 18.3 Å². The van der Waals surface area contributed by atoms with Crippen LogP contribution < -0.4 is 4.74 Å². The van der Waals surface area contributed by atoms with E-state index >= 15 is 0 Å². The molecule has 1 aliphatic rings. The van der Waals surface area contributed by atoms with Gasteiger partial charge in [-0.2, -0.15) is 8.78 Å². The molecular formula is C14H18F2O. The molecule has 0 aliphatic carbocycles. The Hall–Kier alpha value is -1.12. The Morgan fingerprint density at radius 2 is 1.59 bits per heavy atom. The van der Waals surface area contributed by atoms with Crippen LogP contribution in [0.25, 0.3) is 0 Å². The molecule has 0 fully saturated rings. The molecule has 2 rings (SSSR count). The van der Waals surface area contributed by atoms with E-state index in [9.17, 15) is 8.78 Å². The van der Waals surface area contributed by atoms with Crippen molar-refractivity contribution < 1.29 is 13.5 Å². The van der Waals surface area contributed by atoms with Crippen molar-refractivity contribution in [3.8, 4) is 5.75 Å². The number of ether oxygens (including phenoxy) is 1. The molecule has 0 amide bonds.